The van der Waals surface area contributed by atoms with Crippen molar-refractivity contribution in [1.29, 1.82) is 0 Å². The van der Waals surface area contributed by atoms with Gasteiger partial charge in [0.15, 0.2) is 0 Å². The van der Waals surface area contributed by atoms with E-state index >= 15 is 0 Å². The summed E-state index contributed by atoms with van der Waals surface area (Å²) in [5.74, 6) is 0.781. The van der Waals surface area contributed by atoms with Gasteiger partial charge in [0.2, 0.25) is 0 Å². The van der Waals surface area contributed by atoms with Gasteiger partial charge in [-0.15, -0.1) is 0 Å². The van der Waals surface area contributed by atoms with Gasteiger partial charge in [0.25, 0.3) is 0 Å². The van der Waals surface area contributed by atoms with E-state index in [0.717, 1.165) is 32.1 Å². The first-order valence-corrected chi connectivity index (χ1v) is 5.55. The maximum Gasteiger partial charge on any atom is 0.0593 e. The third kappa shape index (κ3) is 4.86. The van der Waals surface area contributed by atoms with Gasteiger partial charge in [-0.3, -0.25) is 4.90 Å². The zero-order valence-corrected chi connectivity index (χ0v) is 8.88. The van der Waals surface area contributed by atoms with Gasteiger partial charge in [0, 0.05) is 24.9 Å². The first-order valence-electron chi connectivity index (χ1n) is 4.92. The van der Waals surface area contributed by atoms with Gasteiger partial charge in [0.05, 0.1) is 19.8 Å². The van der Waals surface area contributed by atoms with Crippen LogP contribution >= 0.6 is 12.6 Å². The lowest BCUT2D eigenvalue weighted by atomic mass is 10.4. The van der Waals surface area contributed by atoms with Gasteiger partial charge in [-0.1, -0.05) is 0 Å². The molecule has 1 aliphatic rings. The highest BCUT2D eigenvalue weighted by molar-refractivity contribution is 7.80. The summed E-state index contributed by atoms with van der Waals surface area (Å²) < 4.78 is 5.34. The summed E-state index contributed by atoms with van der Waals surface area (Å²) in [6, 6.07) is 0.715. The molecule has 1 fully saturated rings. The summed E-state index contributed by atoms with van der Waals surface area (Å²) in [6.45, 7) is 3.47. The summed E-state index contributed by atoms with van der Waals surface area (Å²) in [5, 5.41) is 8.82. The molecule has 1 rings (SSSR count). The van der Waals surface area contributed by atoms with Crippen LogP contribution in [0, 0.1) is 0 Å². The second-order valence-corrected chi connectivity index (χ2v) is 3.77. The Bertz CT molecular complexity index is 131. The van der Waals surface area contributed by atoms with Crippen LogP contribution in [0.3, 0.4) is 0 Å². The fourth-order valence-corrected chi connectivity index (χ4v) is 1.52. The smallest absolute Gasteiger partial charge is 0.0593 e. The molecular weight excluding hydrogens is 186 g/mol. The lowest BCUT2D eigenvalue weighted by molar-refractivity contribution is 0.102. The largest absolute Gasteiger partial charge is 0.395 e. The van der Waals surface area contributed by atoms with Crippen LogP contribution in [0.2, 0.25) is 0 Å². The Hall–Kier alpha value is 0.230. The van der Waals surface area contributed by atoms with Crippen molar-refractivity contribution in [3.8, 4) is 0 Å². The number of thiol groups is 1. The van der Waals surface area contributed by atoms with Gasteiger partial charge >= 0.3 is 0 Å². The average Bonchev–Trinajstić information content (AvgIpc) is 2.93. The van der Waals surface area contributed by atoms with Crippen LogP contribution in [-0.4, -0.2) is 54.7 Å². The minimum Gasteiger partial charge on any atom is -0.395 e. The van der Waals surface area contributed by atoms with E-state index in [9.17, 15) is 0 Å². The van der Waals surface area contributed by atoms with Crippen LogP contribution in [0.25, 0.3) is 0 Å². The Kier molecular flexibility index (Phi) is 5.78. The maximum absolute atomic E-state index is 8.82. The number of aliphatic hydroxyl groups excluding tert-OH is 1. The molecule has 1 aliphatic carbocycles. The highest BCUT2D eigenvalue weighted by atomic mass is 32.1. The minimum absolute atomic E-state index is 0.253. The highest BCUT2D eigenvalue weighted by Gasteiger charge is 2.27. The van der Waals surface area contributed by atoms with Crippen molar-refractivity contribution >= 4 is 12.6 Å². The van der Waals surface area contributed by atoms with Crippen molar-refractivity contribution in [2.24, 2.45) is 0 Å². The van der Waals surface area contributed by atoms with E-state index in [-0.39, 0.29) is 6.61 Å². The van der Waals surface area contributed by atoms with Crippen molar-refractivity contribution in [2.45, 2.75) is 18.9 Å². The first-order chi connectivity index (χ1) is 6.38. The zero-order valence-electron chi connectivity index (χ0n) is 7.98. The van der Waals surface area contributed by atoms with E-state index in [1.165, 1.54) is 12.8 Å². The molecule has 0 unspecified atom stereocenters. The number of aliphatic hydroxyl groups is 1. The standard InChI is InChI=1S/C9H19NO2S/c11-5-3-10(9-1-2-9)4-6-12-7-8-13/h9,11,13H,1-8H2. The molecule has 0 bridgehead atoms. The SMILES string of the molecule is OCCN(CCOCCS)C1CC1. The zero-order chi connectivity index (χ0) is 9.52. The number of nitrogens with zero attached hydrogens (tertiary/aromatic N) is 1. The fourth-order valence-electron chi connectivity index (χ4n) is 1.39. The summed E-state index contributed by atoms with van der Waals surface area (Å²) >= 11 is 4.06. The highest BCUT2D eigenvalue weighted by Crippen LogP contribution is 2.25. The molecule has 0 amide bonds. The number of ether oxygens (including phenoxy) is 1. The molecule has 0 aliphatic heterocycles. The summed E-state index contributed by atoms with van der Waals surface area (Å²) in [4.78, 5) is 2.30. The van der Waals surface area contributed by atoms with Gasteiger partial charge < -0.3 is 9.84 Å². The normalized spacial score (nSPS) is 16.8. The van der Waals surface area contributed by atoms with Crippen LogP contribution in [0.1, 0.15) is 12.8 Å². The van der Waals surface area contributed by atoms with Crippen molar-refractivity contribution in [3.05, 3.63) is 0 Å². The van der Waals surface area contributed by atoms with Gasteiger partial charge in [-0.2, -0.15) is 12.6 Å². The molecule has 0 atom stereocenters. The van der Waals surface area contributed by atoms with Crippen molar-refractivity contribution in [3.63, 3.8) is 0 Å². The molecule has 1 saturated carbocycles. The first kappa shape index (κ1) is 11.3. The topological polar surface area (TPSA) is 32.7 Å². The van der Waals surface area contributed by atoms with E-state index in [2.05, 4.69) is 17.5 Å². The van der Waals surface area contributed by atoms with Gasteiger partial charge in [-0.05, 0) is 12.8 Å². The van der Waals surface area contributed by atoms with Crippen LogP contribution in [0.15, 0.2) is 0 Å². The van der Waals surface area contributed by atoms with E-state index in [0.29, 0.717) is 6.04 Å². The predicted octanol–water partition coefficient (Wildman–Crippen LogP) is 0.389. The quantitative estimate of drug-likeness (QED) is 0.444. The summed E-state index contributed by atoms with van der Waals surface area (Å²) in [6.07, 6.45) is 2.57. The van der Waals surface area contributed by atoms with Crippen LogP contribution < -0.4 is 0 Å². The summed E-state index contributed by atoms with van der Waals surface area (Å²) in [5.41, 5.74) is 0. The van der Waals surface area contributed by atoms with Gasteiger partial charge in [0.1, 0.15) is 0 Å². The Morgan fingerprint density at radius 2 is 2.08 bits per heavy atom. The Morgan fingerprint density at radius 3 is 2.62 bits per heavy atom. The second-order valence-electron chi connectivity index (χ2n) is 3.33. The van der Waals surface area contributed by atoms with Crippen molar-refractivity contribution < 1.29 is 9.84 Å². The second kappa shape index (κ2) is 6.65. The lowest BCUT2D eigenvalue weighted by Crippen LogP contribution is -2.32. The van der Waals surface area contributed by atoms with Crippen LogP contribution in [0.5, 0.6) is 0 Å². The molecule has 0 radical (unpaired) electrons. The molecule has 0 saturated heterocycles. The minimum atomic E-state index is 0.253. The number of rotatable bonds is 8. The molecule has 1 N–H and O–H groups in total. The predicted molar refractivity (Wildman–Crippen MR) is 56.4 cm³/mol. The van der Waals surface area contributed by atoms with E-state index in [4.69, 9.17) is 9.84 Å². The molecule has 0 spiro atoms. The molecule has 13 heavy (non-hydrogen) atoms. The molecule has 0 aromatic rings. The Morgan fingerprint density at radius 1 is 1.31 bits per heavy atom. The van der Waals surface area contributed by atoms with E-state index < -0.39 is 0 Å². The van der Waals surface area contributed by atoms with Crippen LogP contribution in [0.4, 0.5) is 0 Å². The number of hydrogen-bond donors (Lipinski definition) is 2. The van der Waals surface area contributed by atoms with Crippen molar-refractivity contribution in [2.75, 3.05) is 38.7 Å². The Balaban J connectivity index is 2.00. The molecular formula is C9H19NO2S. The lowest BCUT2D eigenvalue weighted by Gasteiger charge is -2.20. The molecule has 4 heteroatoms. The van der Waals surface area contributed by atoms with E-state index in [1.54, 1.807) is 0 Å². The number of hydrogen-bond acceptors (Lipinski definition) is 4. The molecule has 3 nitrogen and oxygen atoms in total. The van der Waals surface area contributed by atoms with Crippen LogP contribution in [-0.2, 0) is 4.74 Å². The van der Waals surface area contributed by atoms with E-state index in [1.807, 2.05) is 0 Å². The monoisotopic (exact) mass is 205 g/mol. The third-order valence-electron chi connectivity index (χ3n) is 2.21. The van der Waals surface area contributed by atoms with Gasteiger partial charge in [-0.25, -0.2) is 0 Å². The molecule has 78 valence electrons. The molecule has 0 aromatic heterocycles. The Labute approximate surface area is 85.5 Å². The summed E-state index contributed by atoms with van der Waals surface area (Å²) in [7, 11) is 0. The van der Waals surface area contributed by atoms with Crippen molar-refractivity contribution in [1.82, 2.24) is 4.90 Å². The average molecular weight is 205 g/mol. The third-order valence-corrected chi connectivity index (χ3v) is 2.39. The fraction of sp³-hybridized carbons (Fsp3) is 1.00. The molecule has 0 aromatic carbocycles. The maximum atomic E-state index is 8.82. The molecule has 0 heterocycles.